The molecule has 0 aliphatic rings. The Bertz CT molecular complexity index is 718. The fraction of sp³-hybridized carbons (Fsp3) is 0.0476. The molecule has 0 saturated carbocycles. The molecule has 0 saturated heterocycles. The number of hydrogen-bond acceptors (Lipinski definition) is 0. The Morgan fingerprint density at radius 1 is 0.630 bits per heavy atom. The monoisotopic (exact) mass is 390 g/mol. The van der Waals surface area contributed by atoms with E-state index in [1.807, 2.05) is 0 Å². The third-order valence-electron chi connectivity index (χ3n) is 3.99. The molecule has 3 aromatic carbocycles. The third-order valence-corrected chi connectivity index (χ3v) is 8.34. The van der Waals surface area contributed by atoms with Gasteiger partial charge in [-0.05, 0) is 36.4 Å². The van der Waals surface area contributed by atoms with E-state index in [0.29, 0.717) is 0 Å². The second kappa shape index (κ2) is 9.52. The van der Waals surface area contributed by atoms with Crippen molar-refractivity contribution in [1.82, 2.24) is 0 Å². The molecule has 0 amide bonds. The lowest BCUT2D eigenvalue weighted by atomic mass is 10.3. The van der Waals surface area contributed by atoms with Crippen molar-refractivity contribution < 1.29 is 17.3 Å². The molecular formula is C21H20BF4P. The minimum atomic E-state index is -6.00. The van der Waals surface area contributed by atoms with E-state index in [2.05, 4.69) is 104 Å². The Morgan fingerprint density at radius 2 is 0.889 bits per heavy atom. The van der Waals surface area contributed by atoms with Gasteiger partial charge in [0.15, 0.2) is 0 Å². The van der Waals surface area contributed by atoms with Gasteiger partial charge in [-0.2, -0.15) is 0 Å². The maximum atomic E-state index is 9.75. The van der Waals surface area contributed by atoms with Crippen LogP contribution in [0, 0.1) is 0 Å². The predicted molar refractivity (Wildman–Crippen MR) is 110 cm³/mol. The van der Waals surface area contributed by atoms with Gasteiger partial charge in [0.2, 0.25) is 0 Å². The highest BCUT2D eigenvalue weighted by molar-refractivity contribution is 7.95. The van der Waals surface area contributed by atoms with Crippen molar-refractivity contribution in [3.8, 4) is 0 Å². The lowest BCUT2D eigenvalue weighted by molar-refractivity contribution is 0.368. The number of halogens is 4. The first-order valence-electron chi connectivity index (χ1n) is 8.41. The molecule has 0 atom stereocenters. The standard InChI is InChI=1S/C21H20P.BF4/c1-2-18-22(19-12-6-3-7-13-19,20-14-8-4-9-15-20)21-16-10-5-11-17-21;2-1(3,4)5/h2-17H,1,18H2;/q+1;-1. The lowest BCUT2D eigenvalue weighted by Gasteiger charge is -2.26. The quantitative estimate of drug-likeness (QED) is 0.235. The normalized spacial score (nSPS) is 11.3. The summed E-state index contributed by atoms with van der Waals surface area (Å²) < 4.78 is 39.0. The third kappa shape index (κ3) is 5.80. The first-order valence-corrected chi connectivity index (χ1v) is 10.4. The fourth-order valence-corrected chi connectivity index (χ4v) is 6.96. The summed E-state index contributed by atoms with van der Waals surface area (Å²) in [6.45, 7) is 4.05. The van der Waals surface area contributed by atoms with Crippen LogP contribution in [0.1, 0.15) is 0 Å². The maximum absolute atomic E-state index is 9.75. The summed E-state index contributed by atoms with van der Waals surface area (Å²) in [7, 11) is -7.67. The molecule has 140 valence electrons. The van der Waals surface area contributed by atoms with Crippen LogP contribution in [-0.4, -0.2) is 13.4 Å². The van der Waals surface area contributed by atoms with Crippen molar-refractivity contribution in [2.75, 3.05) is 6.16 Å². The number of allylic oxidation sites excluding steroid dienone is 1. The van der Waals surface area contributed by atoms with Gasteiger partial charge in [0.05, 0.1) is 6.16 Å². The van der Waals surface area contributed by atoms with Gasteiger partial charge in [-0.1, -0.05) is 67.3 Å². The van der Waals surface area contributed by atoms with Crippen LogP contribution in [-0.2, 0) is 0 Å². The van der Waals surface area contributed by atoms with E-state index in [9.17, 15) is 17.3 Å². The van der Waals surface area contributed by atoms with Gasteiger partial charge in [-0.15, -0.1) is 0 Å². The number of rotatable bonds is 5. The van der Waals surface area contributed by atoms with E-state index in [1.165, 1.54) is 15.9 Å². The van der Waals surface area contributed by atoms with Gasteiger partial charge in [0, 0.05) is 0 Å². The molecular weight excluding hydrogens is 370 g/mol. The van der Waals surface area contributed by atoms with Crippen molar-refractivity contribution in [3.63, 3.8) is 0 Å². The van der Waals surface area contributed by atoms with E-state index in [-0.39, 0.29) is 0 Å². The lowest BCUT2D eigenvalue weighted by Crippen LogP contribution is -2.32. The van der Waals surface area contributed by atoms with E-state index in [0.717, 1.165) is 6.16 Å². The molecule has 0 spiro atoms. The first kappa shape index (κ1) is 20.9. The average molecular weight is 390 g/mol. The highest BCUT2D eigenvalue weighted by Gasteiger charge is 2.43. The summed E-state index contributed by atoms with van der Waals surface area (Å²) in [5.41, 5.74) is 0. The van der Waals surface area contributed by atoms with E-state index in [4.69, 9.17) is 0 Å². The minimum Gasteiger partial charge on any atom is -0.418 e. The van der Waals surface area contributed by atoms with Gasteiger partial charge >= 0.3 is 7.25 Å². The van der Waals surface area contributed by atoms with Gasteiger partial charge < -0.3 is 17.3 Å². The van der Waals surface area contributed by atoms with Crippen LogP contribution in [0.3, 0.4) is 0 Å². The Morgan fingerprint density at radius 3 is 1.11 bits per heavy atom. The molecule has 3 aromatic rings. The van der Waals surface area contributed by atoms with Crippen molar-refractivity contribution >= 4 is 30.4 Å². The van der Waals surface area contributed by atoms with Crippen LogP contribution in [0.2, 0.25) is 0 Å². The van der Waals surface area contributed by atoms with Crippen LogP contribution in [0.15, 0.2) is 104 Å². The molecule has 0 heterocycles. The summed E-state index contributed by atoms with van der Waals surface area (Å²) in [6.07, 6.45) is 3.05. The Balaban J connectivity index is 0.000000465. The molecule has 0 radical (unpaired) electrons. The molecule has 0 aliphatic carbocycles. The van der Waals surface area contributed by atoms with Crippen LogP contribution in [0.5, 0.6) is 0 Å². The summed E-state index contributed by atoms with van der Waals surface area (Å²) in [6, 6.07) is 32.7. The highest BCUT2D eigenvalue weighted by Crippen LogP contribution is 2.55. The highest BCUT2D eigenvalue weighted by atomic mass is 31.2. The van der Waals surface area contributed by atoms with Gasteiger partial charge in [0.25, 0.3) is 0 Å². The summed E-state index contributed by atoms with van der Waals surface area (Å²) in [5, 5.41) is 4.23. The SMILES string of the molecule is C=CC[P+](c1ccccc1)(c1ccccc1)c1ccccc1.F[B-](F)(F)F. The molecule has 0 unspecified atom stereocenters. The second-order valence-corrected chi connectivity index (χ2v) is 9.32. The fourth-order valence-electron chi connectivity index (χ4n) is 3.00. The molecule has 0 nitrogen and oxygen atoms in total. The number of hydrogen-bond donors (Lipinski definition) is 0. The maximum Gasteiger partial charge on any atom is 0.673 e. The predicted octanol–water partition coefficient (Wildman–Crippen LogP) is 5.47. The Hall–Kier alpha value is -2.39. The van der Waals surface area contributed by atoms with E-state index >= 15 is 0 Å². The van der Waals surface area contributed by atoms with Crippen LogP contribution < -0.4 is 15.9 Å². The van der Waals surface area contributed by atoms with Crippen molar-refractivity contribution in [2.45, 2.75) is 0 Å². The van der Waals surface area contributed by atoms with Crippen molar-refractivity contribution in [2.24, 2.45) is 0 Å². The van der Waals surface area contributed by atoms with E-state index < -0.39 is 14.5 Å². The molecule has 0 aromatic heterocycles. The summed E-state index contributed by atoms with van der Waals surface area (Å²) in [4.78, 5) is 0. The largest absolute Gasteiger partial charge is 0.673 e. The zero-order valence-electron chi connectivity index (χ0n) is 14.7. The first-order chi connectivity index (χ1) is 12.9. The molecule has 0 fully saturated rings. The molecule has 27 heavy (non-hydrogen) atoms. The number of benzene rings is 3. The second-order valence-electron chi connectivity index (χ2n) is 5.78. The Labute approximate surface area is 158 Å². The smallest absolute Gasteiger partial charge is 0.418 e. The van der Waals surface area contributed by atoms with Gasteiger partial charge in [-0.3, -0.25) is 0 Å². The zero-order valence-corrected chi connectivity index (χ0v) is 15.6. The molecule has 0 bridgehead atoms. The summed E-state index contributed by atoms with van der Waals surface area (Å²) >= 11 is 0. The molecule has 0 N–H and O–H groups in total. The van der Waals surface area contributed by atoms with Crippen LogP contribution in [0.4, 0.5) is 17.3 Å². The van der Waals surface area contributed by atoms with Crippen LogP contribution in [0.25, 0.3) is 0 Å². The average Bonchev–Trinajstić information content (AvgIpc) is 2.67. The molecule has 6 heteroatoms. The van der Waals surface area contributed by atoms with Crippen molar-refractivity contribution in [3.05, 3.63) is 104 Å². The van der Waals surface area contributed by atoms with Crippen LogP contribution >= 0.6 is 7.26 Å². The minimum absolute atomic E-state index is 0.977. The van der Waals surface area contributed by atoms with Crippen molar-refractivity contribution in [1.29, 1.82) is 0 Å². The summed E-state index contributed by atoms with van der Waals surface area (Å²) in [5.74, 6) is 0. The topological polar surface area (TPSA) is 0 Å². The molecule has 0 aliphatic heterocycles. The molecule has 3 rings (SSSR count). The van der Waals surface area contributed by atoms with Gasteiger partial charge in [0.1, 0.15) is 23.2 Å². The van der Waals surface area contributed by atoms with Gasteiger partial charge in [-0.25, -0.2) is 0 Å². The van der Waals surface area contributed by atoms with E-state index in [1.54, 1.807) is 0 Å². The Kier molecular flexibility index (Phi) is 7.38. The zero-order chi connectivity index (χ0) is 19.8.